The van der Waals surface area contributed by atoms with Crippen LogP contribution in [0, 0.1) is 0 Å². The van der Waals surface area contributed by atoms with Crippen LogP contribution in [0.2, 0.25) is 0 Å². The smallest absolute Gasteiger partial charge is 0.230 e. The van der Waals surface area contributed by atoms with Gasteiger partial charge in [0.15, 0.2) is 10.9 Å². The highest BCUT2D eigenvalue weighted by Crippen LogP contribution is 2.23. The number of benzene rings is 1. The van der Waals surface area contributed by atoms with E-state index in [0.29, 0.717) is 35.9 Å². The van der Waals surface area contributed by atoms with Crippen molar-refractivity contribution < 1.29 is 19.0 Å². The number of hydrogen-bond acceptors (Lipinski definition) is 7. The van der Waals surface area contributed by atoms with E-state index in [1.54, 1.807) is 44.8 Å². The molecular weight excluding hydrogens is 464 g/mol. The van der Waals surface area contributed by atoms with Crippen molar-refractivity contribution in [2.75, 3.05) is 19.5 Å². The zero-order valence-electron chi connectivity index (χ0n) is 19.9. The molecule has 8 nitrogen and oxygen atoms in total. The summed E-state index contributed by atoms with van der Waals surface area (Å²) in [4.78, 5) is 20.9. The first-order valence-corrected chi connectivity index (χ1v) is 11.4. The van der Waals surface area contributed by atoms with E-state index in [0.717, 1.165) is 17.0 Å². The van der Waals surface area contributed by atoms with Crippen LogP contribution in [0.15, 0.2) is 88.8 Å². The summed E-state index contributed by atoms with van der Waals surface area (Å²) in [6.07, 6.45) is 8.30. The molecule has 0 fully saturated rings. The number of anilines is 1. The second kappa shape index (κ2) is 13.0. The van der Waals surface area contributed by atoms with Gasteiger partial charge in [0.1, 0.15) is 11.5 Å². The van der Waals surface area contributed by atoms with Crippen LogP contribution in [-0.4, -0.2) is 36.4 Å². The maximum atomic E-state index is 12.2. The molecule has 182 valence electrons. The Hall–Kier alpha value is -3.98. The number of nitrogens with zero attached hydrogens (tertiary/aromatic N) is 2. The molecule has 0 saturated heterocycles. The highest BCUT2D eigenvalue weighted by atomic mass is 32.1. The zero-order valence-corrected chi connectivity index (χ0v) is 20.7. The van der Waals surface area contributed by atoms with Crippen molar-refractivity contribution in [1.82, 2.24) is 10.3 Å². The van der Waals surface area contributed by atoms with Crippen molar-refractivity contribution in [2.45, 2.75) is 26.2 Å². The minimum Gasteiger partial charge on any atom is -0.497 e. The summed E-state index contributed by atoms with van der Waals surface area (Å²) in [7, 11) is 3.21. The van der Waals surface area contributed by atoms with Crippen molar-refractivity contribution >= 4 is 35.1 Å². The Labute approximate surface area is 210 Å². The van der Waals surface area contributed by atoms with Gasteiger partial charge in [-0.15, -0.1) is 0 Å². The van der Waals surface area contributed by atoms with E-state index < -0.39 is 0 Å². The molecular formula is C26H28N4O4S. The van der Waals surface area contributed by atoms with Crippen molar-refractivity contribution in [2.24, 2.45) is 4.99 Å². The number of dihydropyridines is 1. The molecule has 1 aromatic carbocycles. The number of thiocarbonyl (C=S) groups is 1. The number of hydrogen-bond donors (Lipinski definition) is 2. The fourth-order valence-corrected chi connectivity index (χ4v) is 3.48. The Morgan fingerprint density at radius 1 is 1.14 bits per heavy atom. The first-order chi connectivity index (χ1) is 17.0. The third-order valence-electron chi connectivity index (χ3n) is 4.91. The standard InChI is InChI=1S/C26H28N4O4S/c1-4-22(32-2)23(33-3)16-20-15-21(12-13-27-20)34-25-11-10-19(17-28-25)29-26(35)30-24(31)14-18-8-6-5-7-9-18/h5-13,16-17H,4,14-15H2,1-3H3,(H2,29,30,31,35)/b20-16+,23-22-. The molecule has 0 unspecified atom stereocenters. The van der Waals surface area contributed by atoms with Gasteiger partial charge >= 0.3 is 0 Å². The van der Waals surface area contributed by atoms with Crippen LogP contribution in [0.4, 0.5) is 5.69 Å². The van der Waals surface area contributed by atoms with E-state index in [-0.39, 0.29) is 17.4 Å². The largest absolute Gasteiger partial charge is 0.497 e. The molecule has 1 aliphatic rings. The molecule has 0 spiro atoms. The molecule has 0 bridgehead atoms. The quantitative estimate of drug-likeness (QED) is 0.388. The fourth-order valence-electron chi connectivity index (χ4n) is 3.24. The summed E-state index contributed by atoms with van der Waals surface area (Å²) in [5, 5.41) is 5.82. The van der Waals surface area contributed by atoms with Gasteiger partial charge in [0, 0.05) is 31.2 Å². The number of pyridine rings is 1. The summed E-state index contributed by atoms with van der Waals surface area (Å²) >= 11 is 5.23. The third kappa shape index (κ3) is 8.08. The summed E-state index contributed by atoms with van der Waals surface area (Å²) < 4.78 is 16.7. The number of nitrogens with one attached hydrogen (secondary N) is 2. The highest BCUT2D eigenvalue weighted by molar-refractivity contribution is 7.80. The van der Waals surface area contributed by atoms with Gasteiger partial charge < -0.3 is 24.8 Å². The number of aliphatic imine (C=N–C) groups is 1. The summed E-state index contributed by atoms with van der Waals surface area (Å²) in [6.45, 7) is 1.99. The van der Waals surface area contributed by atoms with Gasteiger partial charge in [0.25, 0.3) is 0 Å². The lowest BCUT2D eigenvalue weighted by atomic mass is 10.1. The molecule has 0 radical (unpaired) electrons. The predicted octanol–water partition coefficient (Wildman–Crippen LogP) is 4.67. The Morgan fingerprint density at radius 2 is 1.94 bits per heavy atom. The number of carbonyl (C=O) groups excluding carboxylic acids is 1. The normalized spacial score (nSPS) is 14.5. The molecule has 35 heavy (non-hydrogen) atoms. The topological polar surface area (TPSA) is 94.1 Å². The number of methoxy groups -OCH3 is 2. The minimum atomic E-state index is -0.195. The van der Waals surface area contributed by atoms with Crippen LogP contribution in [0.1, 0.15) is 25.3 Å². The average Bonchev–Trinajstić information content (AvgIpc) is 2.86. The second-order valence-corrected chi connectivity index (χ2v) is 7.83. The average molecular weight is 493 g/mol. The van der Waals surface area contributed by atoms with Crippen LogP contribution in [0.3, 0.4) is 0 Å². The molecule has 2 aromatic rings. The van der Waals surface area contributed by atoms with Crippen LogP contribution >= 0.6 is 12.2 Å². The third-order valence-corrected chi connectivity index (χ3v) is 5.11. The number of ether oxygens (including phenoxy) is 3. The van der Waals surface area contributed by atoms with E-state index in [1.807, 2.05) is 43.3 Å². The first-order valence-electron chi connectivity index (χ1n) is 11.0. The summed E-state index contributed by atoms with van der Waals surface area (Å²) in [5.41, 5.74) is 2.32. The Kier molecular flexibility index (Phi) is 9.56. The van der Waals surface area contributed by atoms with Gasteiger partial charge in [-0.25, -0.2) is 4.98 Å². The molecule has 0 saturated carbocycles. The van der Waals surface area contributed by atoms with E-state index in [4.69, 9.17) is 26.4 Å². The lowest BCUT2D eigenvalue weighted by Crippen LogP contribution is -2.35. The van der Waals surface area contributed by atoms with E-state index in [2.05, 4.69) is 20.6 Å². The Balaban J connectivity index is 1.53. The van der Waals surface area contributed by atoms with Crippen LogP contribution in [-0.2, 0) is 20.7 Å². The first kappa shape index (κ1) is 25.6. The molecule has 0 aliphatic carbocycles. The second-order valence-electron chi connectivity index (χ2n) is 7.42. The number of rotatable bonds is 9. The molecule has 0 atom stereocenters. The summed E-state index contributed by atoms with van der Waals surface area (Å²) in [5.74, 6) is 2.28. The minimum absolute atomic E-state index is 0.195. The van der Waals surface area contributed by atoms with Crippen molar-refractivity contribution in [3.05, 3.63) is 89.4 Å². The molecule has 2 N–H and O–H groups in total. The van der Waals surface area contributed by atoms with Crippen LogP contribution in [0.25, 0.3) is 0 Å². The van der Waals surface area contributed by atoms with E-state index in [1.165, 1.54) is 0 Å². The highest BCUT2D eigenvalue weighted by Gasteiger charge is 2.12. The SMILES string of the molecule is CC/C(OC)=C(\C=C1/CC(Oc2ccc(NC(=S)NC(=O)Cc3ccccc3)cn2)=CC=N1)OC. The Bertz CT molecular complexity index is 1150. The van der Waals surface area contributed by atoms with Gasteiger partial charge in [-0.3, -0.25) is 9.79 Å². The lowest BCUT2D eigenvalue weighted by molar-refractivity contribution is -0.119. The van der Waals surface area contributed by atoms with Crippen molar-refractivity contribution in [1.29, 1.82) is 0 Å². The molecule has 3 rings (SSSR count). The number of aromatic nitrogens is 1. The van der Waals surface area contributed by atoms with Gasteiger partial charge in [0.05, 0.1) is 38.2 Å². The van der Waals surface area contributed by atoms with Gasteiger partial charge in [-0.1, -0.05) is 37.3 Å². The maximum Gasteiger partial charge on any atom is 0.230 e. The fraction of sp³-hybridized carbons (Fsp3) is 0.231. The van der Waals surface area contributed by atoms with Crippen LogP contribution in [0.5, 0.6) is 5.88 Å². The molecule has 1 aromatic heterocycles. The predicted molar refractivity (Wildman–Crippen MR) is 140 cm³/mol. The number of allylic oxidation sites excluding steroid dienone is 3. The van der Waals surface area contributed by atoms with Crippen LogP contribution < -0.4 is 15.4 Å². The summed E-state index contributed by atoms with van der Waals surface area (Å²) in [6, 6.07) is 12.9. The molecule has 1 aliphatic heterocycles. The van der Waals surface area contributed by atoms with E-state index in [9.17, 15) is 4.79 Å². The van der Waals surface area contributed by atoms with Gasteiger partial charge in [0.2, 0.25) is 11.8 Å². The monoisotopic (exact) mass is 492 g/mol. The van der Waals surface area contributed by atoms with E-state index >= 15 is 0 Å². The van der Waals surface area contributed by atoms with Crippen molar-refractivity contribution in [3.63, 3.8) is 0 Å². The van der Waals surface area contributed by atoms with Gasteiger partial charge in [-0.2, -0.15) is 0 Å². The number of carbonyl (C=O) groups is 1. The van der Waals surface area contributed by atoms with Crippen molar-refractivity contribution in [3.8, 4) is 5.88 Å². The zero-order chi connectivity index (χ0) is 25.0. The van der Waals surface area contributed by atoms with Gasteiger partial charge in [-0.05, 0) is 29.9 Å². The molecule has 2 heterocycles. The number of amides is 1. The molecule has 9 heteroatoms. The molecule has 1 amide bonds. The Morgan fingerprint density at radius 3 is 2.60 bits per heavy atom. The maximum absolute atomic E-state index is 12.2. The lowest BCUT2D eigenvalue weighted by Gasteiger charge is -2.14.